The zero-order chi connectivity index (χ0) is 14.6. The minimum absolute atomic E-state index is 0.00745. The highest BCUT2D eigenvalue weighted by molar-refractivity contribution is 5.85. The molecule has 4 nitrogen and oxygen atoms in total. The van der Waals surface area contributed by atoms with Gasteiger partial charge in [-0.05, 0) is 43.9 Å². The number of hydrogen-bond acceptors (Lipinski definition) is 3. The SMILES string of the molecule is COC(=O)[C@@H](C)NC(=O)C1CCC(C(C)C)C(C)C1. The molecule has 1 aliphatic rings. The molecular weight excluding hydrogens is 242 g/mol. The van der Waals surface area contributed by atoms with Crippen molar-refractivity contribution in [3.63, 3.8) is 0 Å². The number of nitrogens with one attached hydrogen (secondary N) is 1. The van der Waals surface area contributed by atoms with Gasteiger partial charge < -0.3 is 10.1 Å². The number of hydrogen-bond donors (Lipinski definition) is 1. The lowest BCUT2D eigenvalue weighted by molar-refractivity contribution is -0.145. The lowest BCUT2D eigenvalue weighted by Crippen LogP contribution is -2.44. The summed E-state index contributed by atoms with van der Waals surface area (Å²) in [7, 11) is 1.33. The lowest BCUT2D eigenvalue weighted by atomic mass is 9.70. The highest BCUT2D eigenvalue weighted by atomic mass is 16.5. The van der Waals surface area contributed by atoms with Crippen molar-refractivity contribution in [3.05, 3.63) is 0 Å². The number of carbonyl (C=O) groups is 2. The van der Waals surface area contributed by atoms with Gasteiger partial charge in [0.2, 0.25) is 5.91 Å². The van der Waals surface area contributed by atoms with Crippen LogP contribution < -0.4 is 5.32 Å². The van der Waals surface area contributed by atoms with Crippen LogP contribution in [0.15, 0.2) is 0 Å². The molecule has 1 amide bonds. The van der Waals surface area contributed by atoms with Crippen molar-refractivity contribution < 1.29 is 14.3 Å². The normalized spacial score (nSPS) is 28.8. The first-order valence-corrected chi connectivity index (χ1v) is 7.25. The van der Waals surface area contributed by atoms with Gasteiger partial charge in [0, 0.05) is 5.92 Å². The van der Waals surface area contributed by atoms with Crippen LogP contribution in [0.2, 0.25) is 0 Å². The van der Waals surface area contributed by atoms with Crippen molar-refractivity contribution in [3.8, 4) is 0 Å². The summed E-state index contributed by atoms with van der Waals surface area (Å²) in [4.78, 5) is 23.4. The Bertz CT molecular complexity index is 327. The van der Waals surface area contributed by atoms with E-state index in [4.69, 9.17) is 0 Å². The van der Waals surface area contributed by atoms with Crippen LogP contribution in [-0.2, 0) is 14.3 Å². The zero-order valence-electron chi connectivity index (χ0n) is 12.7. The van der Waals surface area contributed by atoms with Crippen molar-refractivity contribution in [2.24, 2.45) is 23.7 Å². The summed E-state index contributed by atoms with van der Waals surface area (Å²) < 4.78 is 4.62. The van der Waals surface area contributed by atoms with E-state index in [-0.39, 0.29) is 11.8 Å². The minimum Gasteiger partial charge on any atom is -0.467 e. The quantitative estimate of drug-likeness (QED) is 0.797. The van der Waals surface area contributed by atoms with Gasteiger partial charge in [-0.25, -0.2) is 4.79 Å². The average molecular weight is 269 g/mol. The van der Waals surface area contributed by atoms with E-state index in [0.717, 1.165) is 19.3 Å². The maximum atomic E-state index is 12.1. The molecule has 0 aliphatic heterocycles. The highest BCUT2D eigenvalue weighted by Crippen LogP contribution is 2.37. The van der Waals surface area contributed by atoms with Crippen molar-refractivity contribution in [2.75, 3.05) is 7.11 Å². The molecule has 0 aromatic rings. The smallest absolute Gasteiger partial charge is 0.328 e. The molecular formula is C15H27NO3. The number of methoxy groups -OCH3 is 1. The standard InChI is InChI=1S/C15H27NO3/c1-9(2)13-7-6-12(8-10(13)3)14(17)16-11(4)15(18)19-5/h9-13H,6-8H2,1-5H3,(H,16,17)/t10?,11-,12?,13?/m1/s1. The predicted molar refractivity (Wildman–Crippen MR) is 74.5 cm³/mol. The fraction of sp³-hybridized carbons (Fsp3) is 0.867. The number of ether oxygens (including phenoxy) is 1. The molecule has 0 saturated heterocycles. The summed E-state index contributed by atoms with van der Waals surface area (Å²) in [6, 6.07) is -0.560. The molecule has 4 heteroatoms. The molecule has 0 aromatic heterocycles. The second-order valence-corrected chi connectivity index (χ2v) is 6.15. The molecule has 0 spiro atoms. The Morgan fingerprint density at radius 1 is 1.21 bits per heavy atom. The van der Waals surface area contributed by atoms with E-state index < -0.39 is 12.0 Å². The molecule has 3 unspecified atom stereocenters. The summed E-state index contributed by atoms with van der Waals surface area (Å²) in [6.45, 7) is 8.39. The largest absolute Gasteiger partial charge is 0.467 e. The van der Waals surface area contributed by atoms with Crippen LogP contribution in [0, 0.1) is 23.7 Å². The number of rotatable bonds is 4. The van der Waals surface area contributed by atoms with Crippen molar-refractivity contribution in [2.45, 2.75) is 53.0 Å². The van der Waals surface area contributed by atoms with E-state index in [2.05, 4.69) is 30.8 Å². The van der Waals surface area contributed by atoms with E-state index in [9.17, 15) is 9.59 Å². The Labute approximate surface area is 116 Å². The summed E-state index contributed by atoms with van der Waals surface area (Å²) in [6.07, 6.45) is 2.94. The van der Waals surface area contributed by atoms with E-state index in [1.54, 1.807) is 6.92 Å². The Hall–Kier alpha value is -1.06. The van der Waals surface area contributed by atoms with E-state index >= 15 is 0 Å². The summed E-state index contributed by atoms with van der Waals surface area (Å²) >= 11 is 0. The van der Waals surface area contributed by atoms with Gasteiger partial charge in [0.15, 0.2) is 0 Å². The number of amides is 1. The molecule has 0 radical (unpaired) electrons. The highest BCUT2D eigenvalue weighted by Gasteiger charge is 2.33. The molecule has 4 atom stereocenters. The Kier molecular flexibility index (Phi) is 5.83. The van der Waals surface area contributed by atoms with Crippen LogP contribution in [0.4, 0.5) is 0 Å². The third-order valence-electron chi connectivity index (χ3n) is 4.38. The third-order valence-corrected chi connectivity index (χ3v) is 4.38. The third kappa shape index (κ3) is 4.22. The van der Waals surface area contributed by atoms with Crippen molar-refractivity contribution in [1.82, 2.24) is 5.32 Å². The summed E-state index contributed by atoms with van der Waals surface area (Å²) in [5.74, 6) is 1.59. The van der Waals surface area contributed by atoms with E-state index in [1.165, 1.54) is 7.11 Å². The van der Waals surface area contributed by atoms with Gasteiger partial charge in [0.05, 0.1) is 7.11 Å². The fourth-order valence-corrected chi connectivity index (χ4v) is 3.22. The molecule has 110 valence electrons. The van der Waals surface area contributed by atoms with E-state index in [1.807, 2.05) is 0 Å². The van der Waals surface area contributed by atoms with Crippen LogP contribution in [-0.4, -0.2) is 25.0 Å². The first-order valence-electron chi connectivity index (χ1n) is 7.25. The Morgan fingerprint density at radius 3 is 2.32 bits per heavy atom. The predicted octanol–water partition coefficient (Wildman–Crippen LogP) is 2.37. The molecule has 1 fully saturated rings. The maximum Gasteiger partial charge on any atom is 0.328 e. The van der Waals surface area contributed by atoms with Crippen molar-refractivity contribution in [1.29, 1.82) is 0 Å². The van der Waals surface area contributed by atoms with Gasteiger partial charge in [-0.1, -0.05) is 20.8 Å². The van der Waals surface area contributed by atoms with Gasteiger partial charge in [0.25, 0.3) is 0 Å². The van der Waals surface area contributed by atoms with Crippen molar-refractivity contribution >= 4 is 11.9 Å². The monoisotopic (exact) mass is 269 g/mol. The first-order chi connectivity index (χ1) is 8.86. The van der Waals surface area contributed by atoms with Crippen LogP contribution in [0.25, 0.3) is 0 Å². The summed E-state index contributed by atoms with van der Waals surface area (Å²) in [5, 5.41) is 2.75. The molecule has 19 heavy (non-hydrogen) atoms. The van der Waals surface area contributed by atoms with Gasteiger partial charge in [-0.3, -0.25) is 4.79 Å². The van der Waals surface area contributed by atoms with Crippen LogP contribution in [0.5, 0.6) is 0 Å². The molecule has 1 saturated carbocycles. The van der Waals surface area contributed by atoms with Gasteiger partial charge >= 0.3 is 5.97 Å². The average Bonchev–Trinajstić information content (AvgIpc) is 2.36. The second-order valence-electron chi connectivity index (χ2n) is 6.15. The Balaban J connectivity index is 2.50. The number of esters is 1. The molecule has 0 aromatic carbocycles. The Morgan fingerprint density at radius 2 is 1.84 bits per heavy atom. The molecule has 0 heterocycles. The molecule has 1 N–H and O–H groups in total. The van der Waals surface area contributed by atoms with Crippen LogP contribution >= 0.6 is 0 Å². The number of carbonyl (C=O) groups excluding carboxylic acids is 2. The zero-order valence-corrected chi connectivity index (χ0v) is 12.7. The lowest BCUT2D eigenvalue weighted by Gasteiger charge is -2.36. The molecule has 0 bridgehead atoms. The van der Waals surface area contributed by atoms with Gasteiger partial charge in [-0.2, -0.15) is 0 Å². The minimum atomic E-state index is -0.560. The van der Waals surface area contributed by atoms with Gasteiger partial charge in [0.1, 0.15) is 6.04 Å². The van der Waals surface area contributed by atoms with Crippen LogP contribution in [0.1, 0.15) is 47.0 Å². The van der Waals surface area contributed by atoms with Crippen LogP contribution in [0.3, 0.4) is 0 Å². The van der Waals surface area contributed by atoms with E-state index in [0.29, 0.717) is 17.8 Å². The maximum absolute atomic E-state index is 12.1. The topological polar surface area (TPSA) is 55.4 Å². The molecule has 1 aliphatic carbocycles. The second kappa shape index (κ2) is 6.92. The fourth-order valence-electron chi connectivity index (χ4n) is 3.22. The van der Waals surface area contributed by atoms with Gasteiger partial charge in [-0.15, -0.1) is 0 Å². The summed E-state index contributed by atoms with van der Waals surface area (Å²) in [5.41, 5.74) is 0. The molecule has 1 rings (SSSR count). The first kappa shape index (κ1) is 16.0.